The van der Waals surface area contributed by atoms with Crippen molar-refractivity contribution in [3.63, 3.8) is 0 Å². The molecule has 12 nitrogen and oxygen atoms in total. The number of benzene rings is 1. The number of rotatable bonds is 6. The molecule has 0 radical (unpaired) electrons. The molecule has 0 unspecified atom stereocenters. The first kappa shape index (κ1) is 23.2. The van der Waals surface area contributed by atoms with E-state index in [4.69, 9.17) is 19.9 Å². The first-order chi connectivity index (χ1) is 16.2. The number of nitrogens with two attached hydrogens (primary N) is 1. The summed E-state index contributed by atoms with van der Waals surface area (Å²) in [7, 11) is 0. The molecular formula is C21H22FN5O7. The van der Waals surface area contributed by atoms with Crippen LogP contribution in [0.3, 0.4) is 0 Å². The molecule has 1 aromatic carbocycles. The van der Waals surface area contributed by atoms with Gasteiger partial charge in [-0.3, -0.25) is 14.2 Å². The number of phenols is 1. The first-order valence-corrected chi connectivity index (χ1v) is 10.4. The molecule has 180 valence electrons. The summed E-state index contributed by atoms with van der Waals surface area (Å²) < 4.78 is 33.1. The van der Waals surface area contributed by atoms with Gasteiger partial charge in [0.2, 0.25) is 18.4 Å². The van der Waals surface area contributed by atoms with E-state index in [2.05, 4.69) is 9.97 Å². The van der Waals surface area contributed by atoms with E-state index < -0.39 is 42.4 Å². The normalized spacial score (nSPS) is 22.1. The van der Waals surface area contributed by atoms with Crippen LogP contribution in [0.25, 0.3) is 11.2 Å². The molecule has 1 saturated heterocycles. The summed E-state index contributed by atoms with van der Waals surface area (Å²) >= 11 is 0. The van der Waals surface area contributed by atoms with E-state index in [-0.39, 0.29) is 35.8 Å². The van der Waals surface area contributed by atoms with Crippen molar-refractivity contribution >= 4 is 29.1 Å². The van der Waals surface area contributed by atoms with E-state index in [0.717, 1.165) is 11.5 Å². The Morgan fingerprint density at radius 1 is 1.32 bits per heavy atom. The zero-order valence-corrected chi connectivity index (χ0v) is 18.3. The Balaban J connectivity index is 1.84. The highest BCUT2D eigenvalue weighted by atomic mass is 19.1. The van der Waals surface area contributed by atoms with E-state index in [1.807, 2.05) is 0 Å². The van der Waals surface area contributed by atoms with Crippen LogP contribution in [0.1, 0.15) is 32.1 Å². The van der Waals surface area contributed by atoms with Crippen LogP contribution in [0.5, 0.6) is 5.75 Å². The lowest BCUT2D eigenvalue weighted by molar-refractivity contribution is -0.188. The highest BCUT2D eigenvalue weighted by molar-refractivity contribution is 5.72. The van der Waals surface area contributed by atoms with E-state index in [1.54, 1.807) is 12.1 Å². The number of carbonyl (C=O) groups is 2. The number of nitrogens with zero attached hydrogens (tertiary/aromatic N) is 4. The summed E-state index contributed by atoms with van der Waals surface area (Å²) in [6.07, 6.45) is -5.63. The summed E-state index contributed by atoms with van der Waals surface area (Å²) in [6.45, 7) is 2.59. The molecule has 4 atom stereocenters. The Morgan fingerprint density at radius 2 is 2.09 bits per heavy atom. The number of hydrogen-bond donors (Lipinski definition) is 2. The van der Waals surface area contributed by atoms with Crippen molar-refractivity contribution in [2.75, 3.05) is 5.73 Å². The fourth-order valence-electron chi connectivity index (χ4n) is 3.72. The van der Waals surface area contributed by atoms with Crippen molar-refractivity contribution in [3.8, 4) is 5.75 Å². The average Bonchev–Trinajstić information content (AvgIpc) is 3.21. The molecule has 2 aromatic heterocycles. The van der Waals surface area contributed by atoms with Gasteiger partial charge < -0.3 is 25.1 Å². The number of aromatic nitrogens is 4. The fraction of sp³-hybridized carbons (Fsp3) is 0.381. The maximum Gasteiger partial charge on any atom is 0.332 e. The summed E-state index contributed by atoms with van der Waals surface area (Å²) in [5, 5.41) is 9.77. The van der Waals surface area contributed by atoms with Gasteiger partial charge in [0.25, 0.3) is 0 Å². The number of carbonyl (C=O) groups excluding carboxylic acids is 2. The quantitative estimate of drug-likeness (QED) is 0.492. The summed E-state index contributed by atoms with van der Waals surface area (Å²) in [4.78, 5) is 45.0. The van der Waals surface area contributed by atoms with Gasteiger partial charge in [0, 0.05) is 13.3 Å². The van der Waals surface area contributed by atoms with Crippen LogP contribution in [-0.4, -0.2) is 54.7 Å². The highest BCUT2D eigenvalue weighted by Gasteiger charge is 2.51. The molecule has 0 amide bonds. The summed E-state index contributed by atoms with van der Waals surface area (Å²) in [6, 6.07) is 6.26. The fourth-order valence-corrected chi connectivity index (χ4v) is 3.72. The van der Waals surface area contributed by atoms with Crippen LogP contribution < -0.4 is 11.4 Å². The van der Waals surface area contributed by atoms with Gasteiger partial charge in [-0.25, -0.2) is 18.7 Å². The van der Waals surface area contributed by atoms with E-state index in [0.29, 0.717) is 5.56 Å². The van der Waals surface area contributed by atoms with Gasteiger partial charge in [0.15, 0.2) is 18.0 Å². The Bertz CT molecular complexity index is 1310. The van der Waals surface area contributed by atoms with Crippen molar-refractivity contribution in [2.45, 2.75) is 51.6 Å². The standard InChI is InChI=1S/C21H22FN5O7/c1-3-14(30)33-19-15(22)16(32-10(2)28)18(34-19)27-17-13(8-24-20(23)25-17)26(21(27)31)9-11-5-4-6-12(29)7-11/h4-8,15-16,18-19,29H,3,9H2,1-2H3,(H2,23,24,25)/t15-,16-,18-,19+/m1/s1. The molecule has 34 heavy (non-hydrogen) atoms. The summed E-state index contributed by atoms with van der Waals surface area (Å²) in [5.41, 5.74) is 5.84. The van der Waals surface area contributed by atoms with Crippen LogP contribution >= 0.6 is 0 Å². The van der Waals surface area contributed by atoms with E-state index >= 15 is 4.39 Å². The number of fused-ring (bicyclic) bond motifs is 1. The number of anilines is 1. The Kier molecular flexibility index (Phi) is 6.20. The molecule has 0 aliphatic carbocycles. The van der Waals surface area contributed by atoms with Gasteiger partial charge in [-0.2, -0.15) is 4.98 Å². The maximum atomic E-state index is 15.2. The van der Waals surface area contributed by atoms with Crippen molar-refractivity contribution in [2.24, 2.45) is 0 Å². The summed E-state index contributed by atoms with van der Waals surface area (Å²) in [5.74, 6) is -1.72. The first-order valence-electron chi connectivity index (χ1n) is 10.4. The zero-order valence-electron chi connectivity index (χ0n) is 18.3. The van der Waals surface area contributed by atoms with Crippen LogP contribution in [0, 0.1) is 0 Å². The van der Waals surface area contributed by atoms with E-state index in [9.17, 15) is 19.5 Å². The molecule has 3 N–H and O–H groups in total. The van der Waals surface area contributed by atoms with Gasteiger partial charge in [0.05, 0.1) is 12.7 Å². The van der Waals surface area contributed by atoms with Gasteiger partial charge in [0.1, 0.15) is 11.3 Å². The second kappa shape index (κ2) is 9.09. The average molecular weight is 475 g/mol. The predicted octanol–water partition coefficient (Wildman–Crippen LogP) is 1.01. The molecular weight excluding hydrogens is 453 g/mol. The highest BCUT2D eigenvalue weighted by Crippen LogP contribution is 2.35. The number of ether oxygens (including phenoxy) is 3. The minimum atomic E-state index is -2.07. The van der Waals surface area contributed by atoms with Crippen LogP contribution in [-0.2, 0) is 30.3 Å². The molecule has 13 heteroatoms. The molecule has 3 heterocycles. The lowest BCUT2D eigenvalue weighted by atomic mass is 10.2. The lowest BCUT2D eigenvalue weighted by Gasteiger charge is -2.19. The van der Waals surface area contributed by atoms with Crippen molar-refractivity contribution in [1.29, 1.82) is 0 Å². The number of imidazole rings is 1. The van der Waals surface area contributed by atoms with E-state index in [1.165, 1.54) is 29.8 Å². The smallest absolute Gasteiger partial charge is 0.332 e. The predicted molar refractivity (Wildman–Crippen MR) is 114 cm³/mol. The monoisotopic (exact) mass is 475 g/mol. The van der Waals surface area contributed by atoms with Gasteiger partial charge in [-0.05, 0) is 17.7 Å². The Labute approximate surface area is 191 Å². The van der Waals surface area contributed by atoms with Gasteiger partial charge in [-0.15, -0.1) is 0 Å². The second-order valence-electron chi connectivity index (χ2n) is 7.60. The van der Waals surface area contributed by atoms with Crippen LogP contribution in [0.15, 0.2) is 35.3 Å². The van der Waals surface area contributed by atoms with Crippen molar-refractivity contribution in [1.82, 2.24) is 19.1 Å². The topological polar surface area (TPSA) is 161 Å². The second-order valence-corrected chi connectivity index (χ2v) is 7.60. The number of phenolic OH excluding ortho intramolecular Hbond substituents is 1. The molecule has 0 saturated carbocycles. The lowest BCUT2D eigenvalue weighted by Crippen LogP contribution is -2.37. The Hall–Kier alpha value is -4.00. The number of hydrogen-bond acceptors (Lipinski definition) is 10. The molecule has 0 bridgehead atoms. The molecule has 1 aliphatic rings. The SMILES string of the molecule is CCC(=O)O[C@H]1O[C@@H](n2c(=O)n(Cc3cccc(O)c3)c3cnc(N)nc32)[C@H](OC(C)=O)[C@H]1F. The van der Waals surface area contributed by atoms with Gasteiger partial charge >= 0.3 is 17.6 Å². The molecule has 0 spiro atoms. The number of halogens is 1. The molecule has 4 rings (SSSR count). The number of alkyl halides is 1. The minimum absolute atomic E-state index is 0.00225. The number of nitrogen functional groups attached to an aromatic ring is 1. The third kappa shape index (κ3) is 4.29. The third-order valence-corrected chi connectivity index (χ3v) is 5.20. The minimum Gasteiger partial charge on any atom is -0.508 e. The number of aromatic hydroxyl groups is 1. The third-order valence-electron chi connectivity index (χ3n) is 5.20. The van der Waals surface area contributed by atoms with Crippen molar-refractivity contribution < 1.29 is 33.3 Å². The number of esters is 2. The van der Waals surface area contributed by atoms with Crippen LogP contribution in [0.2, 0.25) is 0 Å². The largest absolute Gasteiger partial charge is 0.508 e. The zero-order chi connectivity index (χ0) is 24.6. The molecule has 1 fully saturated rings. The van der Waals surface area contributed by atoms with Crippen molar-refractivity contribution in [3.05, 3.63) is 46.5 Å². The van der Waals surface area contributed by atoms with Crippen LogP contribution in [0.4, 0.5) is 10.3 Å². The molecule has 3 aromatic rings. The maximum absolute atomic E-state index is 15.2. The van der Waals surface area contributed by atoms with Gasteiger partial charge in [-0.1, -0.05) is 19.1 Å². The molecule has 1 aliphatic heterocycles. The Morgan fingerprint density at radius 3 is 2.76 bits per heavy atom.